The lowest BCUT2D eigenvalue weighted by atomic mass is 10.3. The monoisotopic (exact) mass is 323 g/mol. The number of anilines is 1. The van der Waals surface area contributed by atoms with E-state index >= 15 is 0 Å². The van der Waals surface area contributed by atoms with Crippen LogP contribution >= 0.6 is 0 Å². The van der Waals surface area contributed by atoms with E-state index < -0.39 is 0 Å². The zero-order valence-electron chi connectivity index (χ0n) is 13.3. The van der Waals surface area contributed by atoms with Crippen LogP contribution in [0.15, 0.2) is 59.4 Å². The van der Waals surface area contributed by atoms with Gasteiger partial charge in [-0.2, -0.15) is 0 Å². The van der Waals surface area contributed by atoms with Crippen molar-refractivity contribution in [1.29, 1.82) is 0 Å². The number of H-pyrrole nitrogens is 1. The molecule has 2 aromatic carbocycles. The molecule has 2 N–H and O–H groups in total. The van der Waals surface area contributed by atoms with E-state index in [0.29, 0.717) is 10.9 Å². The Bertz CT molecular complexity index is 986. The summed E-state index contributed by atoms with van der Waals surface area (Å²) in [5, 5.41) is 7.48. The summed E-state index contributed by atoms with van der Waals surface area (Å²) >= 11 is 0. The van der Waals surface area contributed by atoms with Crippen LogP contribution in [0.2, 0.25) is 0 Å². The molecular weight excluding hydrogens is 305 g/mol. The van der Waals surface area contributed by atoms with Crippen molar-refractivity contribution in [3.05, 3.63) is 81.3 Å². The van der Waals surface area contributed by atoms with Crippen LogP contribution < -0.4 is 21.4 Å². The van der Waals surface area contributed by atoms with Crippen molar-refractivity contribution in [2.24, 2.45) is 0 Å². The van der Waals surface area contributed by atoms with Gasteiger partial charge in [-0.05, 0) is 42.8 Å². The Balaban J connectivity index is 2.10. The third-order valence-electron chi connectivity index (χ3n) is 3.61. The summed E-state index contributed by atoms with van der Waals surface area (Å²) < 4.78 is 14.5. The van der Waals surface area contributed by atoms with Gasteiger partial charge in [-0.25, -0.2) is 9.07 Å². The molecule has 3 aromatic rings. The average Bonchev–Trinajstić information content (AvgIpc) is 2.91. The lowest BCUT2D eigenvalue weighted by Crippen LogP contribution is -2.35. The first-order chi connectivity index (χ1) is 11.7. The van der Waals surface area contributed by atoms with Crippen LogP contribution in [0, 0.1) is 5.82 Å². The van der Waals surface area contributed by atoms with E-state index in [2.05, 4.69) is 10.4 Å². The van der Waals surface area contributed by atoms with Crippen LogP contribution in [0.25, 0.3) is 18.0 Å². The number of aromatic amines is 1. The summed E-state index contributed by atoms with van der Waals surface area (Å²) in [6.45, 7) is 2.00. The maximum Gasteiger partial charge on any atom is 0.280 e. The summed E-state index contributed by atoms with van der Waals surface area (Å²) in [7, 11) is 0. The molecule has 0 atom stereocenters. The first kappa shape index (κ1) is 15.8. The average molecular weight is 323 g/mol. The molecule has 0 aliphatic carbocycles. The van der Waals surface area contributed by atoms with E-state index in [9.17, 15) is 9.18 Å². The largest absolute Gasteiger partial charge is 0.361 e. The smallest absolute Gasteiger partial charge is 0.280 e. The molecule has 0 radical (unpaired) electrons. The van der Waals surface area contributed by atoms with Crippen molar-refractivity contribution in [3.63, 3.8) is 0 Å². The van der Waals surface area contributed by atoms with E-state index in [1.807, 2.05) is 43.3 Å². The number of nitrogens with one attached hydrogen (secondary N) is 2. The van der Waals surface area contributed by atoms with Gasteiger partial charge >= 0.3 is 0 Å². The maximum absolute atomic E-state index is 13.1. The minimum absolute atomic E-state index is 0.190. The predicted molar refractivity (Wildman–Crippen MR) is 94.9 cm³/mol. The van der Waals surface area contributed by atoms with Gasteiger partial charge < -0.3 is 5.32 Å². The van der Waals surface area contributed by atoms with E-state index in [1.54, 1.807) is 18.3 Å². The van der Waals surface area contributed by atoms with Crippen molar-refractivity contribution in [2.45, 2.75) is 13.3 Å². The van der Waals surface area contributed by atoms with Crippen LogP contribution in [-0.4, -0.2) is 9.78 Å². The standard InChI is InChI=1S/C19H18FN3O/c1-2-6-18-17(13-21-15-7-4-3-5-8-15)19(24)23(22-18)16-11-9-14(20)10-12-16/h3-13,21-22H,2H2,1H3. The molecule has 4 nitrogen and oxygen atoms in total. The van der Waals surface area contributed by atoms with Crippen LogP contribution in [-0.2, 0) is 0 Å². The second kappa shape index (κ2) is 7.00. The molecule has 0 fully saturated rings. The molecule has 0 aliphatic rings. The molecule has 0 saturated carbocycles. The van der Waals surface area contributed by atoms with Gasteiger partial charge in [0, 0.05) is 11.9 Å². The molecule has 0 amide bonds. The number of halogens is 1. The maximum atomic E-state index is 13.1. The fourth-order valence-electron chi connectivity index (χ4n) is 2.43. The Kier molecular flexibility index (Phi) is 4.61. The van der Waals surface area contributed by atoms with Gasteiger partial charge in [-0.1, -0.05) is 31.2 Å². The van der Waals surface area contributed by atoms with E-state index in [-0.39, 0.29) is 11.4 Å². The number of aromatic nitrogens is 2. The highest BCUT2D eigenvalue weighted by molar-refractivity contribution is 5.54. The van der Waals surface area contributed by atoms with Crippen molar-refractivity contribution in [3.8, 4) is 5.69 Å². The van der Waals surface area contributed by atoms with Crippen molar-refractivity contribution in [2.75, 3.05) is 5.32 Å². The molecule has 0 saturated heterocycles. The van der Waals surface area contributed by atoms with Gasteiger partial charge in [0.15, 0.2) is 0 Å². The first-order valence-electron chi connectivity index (χ1n) is 7.78. The predicted octanol–water partition coefficient (Wildman–Crippen LogP) is 2.35. The van der Waals surface area contributed by atoms with Gasteiger partial charge in [-0.3, -0.25) is 9.89 Å². The van der Waals surface area contributed by atoms with Crippen molar-refractivity contribution in [1.82, 2.24) is 9.78 Å². The zero-order valence-corrected chi connectivity index (χ0v) is 13.3. The number of rotatable bonds is 4. The summed E-state index contributed by atoms with van der Waals surface area (Å²) in [4.78, 5) is 12.7. The fraction of sp³-hybridized carbons (Fsp3) is 0.105. The Morgan fingerprint density at radius 2 is 1.83 bits per heavy atom. The SMILES string of the molecule is CCC=c1[nH]n(-c2ccc(F)cc2)c(=O)c1=CNc1ccccc1. The van der Waals surface area contributed by atoms with Crippen LogP contribution in [0.3, 0.4) is 0 Å². The molecule has 0 aliphatic heterocycles. The Labute approximate surface area is 138 Å². The van der Waals surface area contributed by atoms with Crippen molar-refractivity contribution < 1.29 is 4.39 Å². The second-order valence-electron chi connectivity index (χ2n) is 5.32. The van der Waals surface area contributed by atoms with Gasteiger partial charge in [0.05, 0.1) is 16.3 Å². The minimum atomic E-state index is -0.337. The molecule has 0 unspecified atom stereocenters. The van der Waals surface area contributed by atoms with Gasteiger partial charge in [0.1, 0.15) is 5.82 Å². The first-order valence-corrected chi connectivity index (χ1v) is 7.78. The van der Waals surface area contributed by atoms with E-state index in [4.69, 9.17) is 0 Å². The molecule has 0 spiro atoms. The summed E-state index contributed by atoms with van der Waals surface area (Å²) in [5.41, 5.74) is 1.30. The van der Waals surface area contributed by atoms with Gasteiger partial charge in [0.2, 0.25) is 0 Å². The van der Waals surface area contributed by atoms with E-state index in [0.717, 1.165) is 17.5 Å². The van der Waals surface area contributed by atoms with Crippen LogP contribution in [0.5, 0.6) is 0 Å². The van der Waals surface area contributed by atoms with Gasteiger partial charge in [-0.15, -0.1) is 0 Å². The lowest BCUT2D eigenvalue weighted by molar-refractivity contribution is 0.627. The molecular formula is C19H18FN3O. The zero-order chi connectivity index (χ0) is 16.9. The Hall–Kier alpha value is -3.08. The summed E-state index contributed by atoms with van der Waals surface area (Å²) in [5.74, 6) is -0.337. The molecule has 3 rings (SSSR count). The third-order valence-corrected chi connectivity index (χ3v) is 3.61. The topological polar surface area (TPSA) is 49.8 Å². The highest BCUT2D eigenvalue weighted by Gasteiger charge is 2.05. The van der Waals surface area contributed by atoms with Crippen LogP contribution in [0.1, 0.15) is 13.3 Å². The highest BCUT2D eigenvalue weighted by Crippen LogP contribution is 2.05. The van der Waals surface area contributed by atoms with Gasteiger partial charge in [0.25, 0.3) is 5.56 Å². The Morgan fingerprint density at radius 1 is 1.12 bits per heavy atom. The normalized spacial score (nSPS) is 12.6. The van der Waals surface area contributed by atoms with Crippen molar-refractivity contribution >= 4 is 18.0 Å². The third kappa shape index (κ3) is 3.30. The number of nitrogens with zero attached hydrogens (tertiary/aromatic N) is 1. The minimum Gasteiger partial charge on any atom is -0.361 e. The molecule has 5 heteroatoms. The summed E-state index contributed by atoms with van der Waals surface area (Å²) in [6, 6.07) is 15.4. The number of benzene rings is 2. The molecule has 122 valence electrons. The lowest BCUT2D eigenvalue weighted by Gasteiger charge is -2.00. The molecule has 1 aromatic heterocycles. The number of hydrogen-bond donors (Lipinski definition) is 2. The highest BCUT2D eigenvalue weighted by atomic mass is 19.1. The number of para-hydroxylation sites is 1. The quantitative estimate of drug-likeness (QED) is 0.774. The molecule has 0 bridgehead atoms. The second-order valence-corrected chi connectivity index (χ2v) is 5.32. The Morgan fingerprint density at radius 3 is 2.50 bits per heavy atom. The van der Waals surface area contributed by atoms with Crippen LogP contribution in [0.4, 0.5) is 10.1 Å². The molecule has 24 heavy (non-hydrogen) atoms. The van der Waals surface area contributed by atoms with E-state index in [1.165, 1.54) is 16.8 Å². The summed E-state index contributed by atoms with van der Waals surface area (Å²) in [6.07, 6.45) is 4.42. The fourth-order valence-corrected chi connectivity index (χ4v) is 2.43. The number of hydrogen-bond acceptors (Lipinski definition) is 2. The molecule has 1 heterocycles.